The molecule has 3 heterocycles. The van der Waals surface area contributed by atoms with Crippen LogP contribution in [0.15, 0.2) is 6.07 Å². The standard InChI is InChI=1S/C13H20N4O/c1-9-14-12(7-13(15-9)18-2)17-6-5-10-3-4-11(8-17)16-10/h7,10-11,16H,3-6,8H2,1-2H3. The first-order valence-electron chi connectivity index (χ1n) is 6.65. The third kappa shape index (κ3) is 2.27. The fraction of sp³-hybridized carbons (Fsp3) is 0.692. The third-order valence-electron chi connectivity index (χ3n) is 3.86. The minimum Gasteiger partial charge on any atom is -0.481 e. The van der Waals surface area contributed by atoms with E-state index in [1.54, 1.807) is 7.11 Å². The van der Waals surface area contributed by atoms with Crippen LogP contribution in [0.25, 0.3) is 0 Å². The van der Waals surface area contributed by atoms with Gasteiger partial charge in [-0.15, -0.1) is 0 Å². The maximum atomic E-state index is 5.23. The number of rotatable bonds is 2. The topological polar surface area (TPSA) is 50.3 Å². The molecule has 5 nitrogen and oxygen atoms in total. The van der Waals surface area contributed by atoms with Crippen molar-refractivity contribution in [2.24, 2.45) is 0 Å². The molecule has 1 aromatic heterocycles. The number of nitrogens with zero attached hydrogens (tertiary/aromatic N) is 3. The van der Waals surface area contributed by atoms with Crippen molar-refractivity contribution in [3.8, 4) is 5.88 Å². The first-order valence-corrected chi connectivity index (χ1v) is 6.65. The van der Waals surface area contributed by atoms with Crippen molar-refractivity contribution in [3.05, 3.63) is 11.9 Å². The number of hydrogen-bond donors (Lipinski definition) is 1. The predicted molar refractivity (Wildman–Crippen MR) is 70.1 cm³/mol. The summed E-state index contributed by atoms with van der Waals surface area (Å²) in [5, 5.41) is 3.68. The smallest absolute Gasteiger partial charge is 0.218 e. The van der Waals surface area contributed by atoms with Gasteiger partial charge < -0.3 is 15.0 Å². The molecular weight excluding hydrogens is 228 g/mol. The first kappa shape index (κ1) is 11.7. The molecule has 0 spiro atoms. The van der Waals surface area contributed by atoms with Crippen LogP contribution in [-0.4, -0.2) is 42.3 Å². The quantitative estimate of drug-likeness (QED) is 0.850. The molecule has 1 N–H and O–H groups in total. The Morgan fingerprint density at radius 3 is 2.94 bits per heavy atom. The fourth-order valence-electron chi connectivity index (χ4n) is 2.94. The summed E-state index contributed by atoms with van der Waals surface area (Å²) in [5.41, 5.74) is 0. The highest BCUT2D eigenvalue weighted by molar-refractivity contribution is 5.42. The van der Waals surface area contributed by atoms with Crippen molar-refractivity contribution in [3.63, 3.8) is 0 Å². The molecule has 18 heavy (non-hydrogen) atoms. The average molecular weight is 248 g/mol. The van der Waals surface area contributed by atoms with Crippen LogP contribution in [0, 0.1) is 6.92 Å². The molecule has 0 saturated carbocycles. The normalized spacial score (nSPS) is 27.1. The summed E-state index contributed by atoms with van der Waals surface area (Å²) in [7, 11) is 1.65. The van der Waals surface area contributed by atoms with Gasteiger partial charge in [-0.2, -0.15) is 4.98 Å². The molecule has 5 heteroatoms. The zero-order valence-corrected chi connectivity index (χ0v) is 11.0. The second-order valence-corrected chi connectivity index (χ2v) is 5.19. The van der Waals surface area contributed by atoms with Gasteiger partial charge >= 0.3 is 0 Å². The molecule has 0 amide bonds. The largest absolute Gasteiger partial charge is 0.481 e. The minimum absolute atomic E-state index is 0.610. The van der Waals surface area contributed by atoms with E-state index < -0.39 is 0 Å². The molecular formula is C13H20N4O. The lowest BCUT2D eigenvalue weighted by Gasteiger charge is -2.25. The lowest BCUT2D eigenvalue weighted by molar-refractivity contribution is 0.395. The van der Waals surface area contributed by atoms with Gasteiger partial charge in [0.1, 0.15) is 11.6 Å². The van der Waals surface area contributed by atoms with Gasteiger partial charge in [-0.25, -0.2) is 4.98 Å². The van der Waals surface area contributed by atoms with E-state index >= 15 is 0 Å². The second-order valence-electron chi connectivity index (χ2n) is 5.19. The van der Waals surface area contributed by atoms with Crippen LogP contribution < -0.4 is 15.0 Å². The van der Waals surface area contributed by atoms with E-state index in [4.69, 9.17) is 4.74 Å². The van der Waals surface area contributed by atoms with Crippen LogP contribution in [0.5, 0.6) is 5.88 Å². The van der Waals surface area contributed by atoms with Gasteiger partial charge in [-0.1, -0.05) is 0 Å². The van der Waals surface area contributed by atoms with Gasteiger partial charge in [0.2, 0.25) is 5.88 Å². The average Bonchev–Trinajstić information content (AvgIpc) is 2.68. The van der Waals surface area contributed by atoms with E-state index in [1.807, 2.05) is 13.0 Å². The monoisotopic (exact) mass is 248 g/mol. The van der Waals surface area contributed by atoms with Crippen molar-refractivity contribution in [1.82, 2.24) is 15.3 Å². The molecule has 2 fully saturated rings. The summed E-state index contributed by atoms with van der Waals surface area (Å²) in [4.78, 5) is 11.1. The Labute approximate surface area is 108 Å². The maximum absolute atomic E-state index is 5.23. The third-order valence-corrected chi connectivity index (χ3v) is 3.86. The second kappa shape index (κ2) is 4.72. The molecule has 0 aromatic carbocycles. The van der Waals surface area contributed by atoms with Gasteiger partial charge in [0.15, 0.2) is 0 Å². The number of aromatic nitrogens is 2. The molecule has 2 atom stereocenters. The summed E-state index contributed by atoms with van der Waals surface area (Å²) in [6, 6.07) is 3.25. The van der Waals surface area contributed by atoms with E-state index in [9.17, 15) is 0 Å². The highest BCUT2D eigenvalue weighted by Gasteiger charge is 2.29. The number of ether oxygens (including phenoxy) is 1. The summed E-state index contributed by atoms with van der Waals surface area (Å²) < 4.78 is 5.23. The van der Waals surface area contributed by atoms with E-state index in [2.05, 4.69) is 20.2 Å². The van der Waals surface area contributed by atoms with Gasteiger partial charge in [0, 0.05) is 31.2 Å². The highest BCUT2D eigenvalue weighted by atomic mass is 16.5. The molecule has 1 aromatic rings. The highest BCUT2D eigenvalue weighted by Crippen LogP contribution is 2.25. The summed E-state index contributed by atoms with van der Waals surface area (Å²) in [5.74, 6) is 2.42. The van der Waals surface area contributed by atoms with Gasteiger partial charge in [0.25, 0.3) is 0 Å². The van der Waals surface area contributed by atoms with Crippen LogP contribution in [0.4, 0.5) is 5.82 Å². The minimum atomic E-state index is 0.610. The fourth-order valence-corrected chi connectivity index (χ4v) is 2.94. The SMILES string of the molecule is COc1cc(N2CCC3CCC(C2)N3)nc(C)n1. The van der Waals surface area contributed by atoms with Gasteiger partial charge in [-0.3, -0.25) is 0 Å². The Bertz CT molecular complexity index is 437. The molecule has 2 aliphatic rings. The number of anilines is 1. The molecule has 0 aliphatic carbocycles. The van der Waals surface area contributed by atoms with Crippen LogP contribution in [0.1, 0.15) is 25.1 Å². The lowest BCUT2D eigenvalue weighted by Crippen LogP contribution is -2.35. The Kier molecular flexibility index (Phi) is 3.07. The Balaban J connectivity index is 1.83. The molecule has 98 valence electrons. The van der Waals surface area contributed by atoms with Crippen LogP contribution >= 0.6 is 0 Å². The molecule has 2 saturated heterocycles. The Morgan fingerprint density at radius 2 is 2.11 bits per heavy atom. The lowest BCUT2D eigenvalue weighted by atomic mass is 10.1. The first-order chi connectivity index (χ1) is 8.74. The zero-order chi connectivity index (χ0) is 12.5. The van der Waals surface area contributed by atoms with Crippen molar-refractivity contribution in [2.45, 2.75) is 38.3 Å². The predicted octanol–water partition coefficient (Wildman–Crippen LogP) is 1.12. The molecule has 2 bridgehead atoms. The number of nitrogens with one attached hydrogen (secondary N) is 1. The molecule has 2 unspecified atom stereocenters. The van der Waals surface area contributed by atoms with Gasteiger partial charge in [-0.05, 0) is 26.2 Å². The Hall–Kier alpha value is -1.36. The van der Waals surface area contributed by atoms with Crippen molar-refractivity contribution in [2.75, 3.05) is 25.1 Å². The van der Waals surface area contributed by atoms with Crippen molar-refractivity contribution < 1.29 is 4.74 Å². The van der Waals surface area contributed by atoms with E-state index in [-0.39, 0.29) is 0 Å². The summed E-state index contributed by atoms with van der Waals surface area (Å²) in [6.07, 6.45) is 3.80. The van der Waals surface area contributed by atoms with Crippen molar-refractivity contribution >= 4 is 5.82 Å². The van der Waals surface area contributed by atoms with Crippen LogP contribution in [0.2, 0.25) is 0 Å². The number of methoxy groups -OCH3 is 1. The number of aryl methyl sites for hydroxylation is 1. The zero-order valence-electron chi connectivity index (χ0n) is 11.0. The summed E-state index contributed by atoms with van der Waals surface area (Å²) in [6.45, 7) is 4.01. The molecule has 0 radical (unpaired) electrons. The summed E-state index contributed by atoms with van der Waals surface area (Å²) >= 11 is 0. The van der Waals surface area contributed by atoms with Crippen LogP contribution in [-0.2, 0) is 0 Å². The van der Waals surface area contributed by atoms with E-state index in [0.717, 1.165) is 24.7 Å². The van der Waals surface area contributed by atoms with Crippen molar-refractivity contribution in [1.29, 1.82) is 0 Å². The number of hydrogen-bond acceptors (Lipinski definition) is 5. The van der Waals surface area contributed by atoms with E-state index in [0.29, 0.717) is 18.0 Å². The van der Waals surface area contributed by atoms with E-state index in [1.165, 1.54) is 19.3 Å². The van der Waals surface area contributed by atoms with Gasteiger partial charge in [0.05, 0.1) is 7.11 Å². The van der Waals surface area contributed by atoms with Crippen LogP contribution in [0.3, 0.4) is 0 Å². The number of fused-ring (bicyclic) bond motifs is 2. The Morgan fingerprint density at radius 1 is 1.28 bits per heavy atom. The molecule has 2 aliphatic heterocycles. The maximum Gasteiger partial charge on any atom is 0.218 e. The molecule has 3 rings (SSSR count).